The summed E-state index contributed by atoms with van der Waals surface area (Å²) in [4.78, 5) is 23.5. The standard InChI is InChI=1S/C13H14N4O3/c14-8-9-7-10(4-5-11(9)17(19)20)16-6-2-1-3-12(16)13(15)18/h4-5,7,12H,1-3,6H2,(H2,15,18). The molecule has 0 radical (unpaired) electrons. The fourth-order valence-electron chi connectivity index (χ4n) is 2.49. The first-order chi connectivity index (χ1) is 9.54. The van der Waals surface area contributed by atoms with E-state index in [9.17, 15) is 14.9 Å². The fourth-order valence-corrected chi connectivity index (χ4v) is 2.49. The molecule has 1 aliphatic rings. The number of carbonyl (C=O) groups excluding carboxylic acids is 1. The van der Waals surface area contributed by atoms with E-state index in [4.69, 9.17) is 11.0 Å². The van der Waals surface area contributed by atoms with Crippen LogP contribution in [0.25, 0.3) is 0 Å². The smallest absolute Gasteiger partial charge is 0.287 e. The highest BCUT2D eigenvalue weighted by Crippen LogP contribution is 2.29. The van der Waals surface area contributed by atoms with Crippen LogP contribution in [0.4, 0.5) is 11.4 Å². The van der Waals surface area contributed by atoms with E-state index in [2.05, 4.69) is 0 Å². The summed E-state index contributed by atoms with van der Waals surface area (Å²) in [7, 11) is 0. The molecule has 20 heavy (non-hydrogen) atoms. The van der Waals surface area contributed by atoms with E-state index in [0.29, 0.717) is 18.7 Å². The summed E-state index contributed by atoms with van der Waals surface area (Å²) in [5.74, 6) is -0.415. The molecule has 1 aromatic carbocycles. The molecule has 0 aliphatic carbocycles. The van der Waals surface area contributed by atoms with E-state index in [1.165, 1.54) is 12.1 Å². The summed E-state index contributed by atoms with van der Waals surface area (Å²) < 4.78 is 0. The topological polar surface area (TPSA) is 113 Å². The normalized spacial score (nSPS) is 18.4. The van der Waals surface area contributed by atoms with Gasteiger partial charge >= 0.3 is 0 Å². The van der Waals surface area contributed by atoms with Crippen molar-refractivity contribution < 1.29 is 9.72 Å². The summed E-state index contributed by atoms with van der Waals surface area (Å²) in [6.45, 7) is 0.649. The lowest BCUT2D eigenvalue weighted by atomic mass is 10.00. The molecule has 7 nitrogen and oxygen atoms in total. The number of nitrogens with two attached hydrogens (primary N) is 1. The Morgan fingerprint density at radius 2 is 2.25 bits per heavy atom. The number of nitriles is 1. The third-order valence-corrected chi connectivity index (χ3v) is 3.46. The first-order valence-electron chi connectivity index (χ1n) is 6.29. The molecule has 1 saturated heterocycles. The Kier molecular flexibility index (Phi) is 3.84. The summed E-state index contributed by atoms with van der Waals surface area (Å²) in [5.41, 5.74) is 5.77. The minimum atomic E-state index is -0.593. The molecule has 1 amide bonds. The lowest BCUT2D eigenvalue weighted by Crippen LogP contribution is -2.47. The lowest BCUT2D eigenvalue weighted by molar-refractivity contribution is -0.385. The zero-order valence-corrected chi connectivity index (χ0v) is 10.8. The number of piperidine rings is 1. The van der Waals surface area contributed by atoms with Crippen LogP contribution in [0.2, 0.25) is 0 Å². The van der Waals surface area contributed by atoms with Gasteiger partial charge in [0.1, 0.15) is 17.7 Å². The van der Waals surface area contributed by atoms with E-state index in [-0.39, 0.29) is 11.3 Å². The predicted molar refractivity (Wildman–Crippen MR) is 72.0 cm³/mol. The fraction of sp³-hybridized carbons (Fsp3) is 0.385. The van der Waals surface area contributed by atoms with Crippen molar-refractivity contribution in [3.8, 4) is 6.07 Å². The highest BCUT2D eigenvalue weighted by atomic mass is 16.6. The number of nitro groups is 1. The molecule has 0 bridgehead atoms. The van der Waals surface area contributed by atoms with Gasteiger partial charge in [-0.05, 0) is 31.4 Å². The van der Waals surface area contributed by atoms with Crippen molar-refractivity contribution in [1.29, 1.82) is 5.26 Å². The van der Waals surface area contributed by atoms with E-state index < -0.39 is 16.9 Å². The number of amides is 1. The van der Waals surface area contributed by atoms with Crippen LogP contribution < -0.4 is 10.6 Å². The SMILES string of the molecule is N#Cc1cc(N2CCCCC2C(N)=O)ccc1[N+](=O)[O-]. The van der Waals surface area contributed by atoms with Gasteiger partial charge in [-0.25, -0.2) is 0 Å². The number of anilines is 1. The molecule has 2 N–H and O–H groups in total. The van der Waals surface area contributed by atoms with Gasteiger partial charge < -0.3 is 10.6 Å². The summed E-state index contributed by atoms with van der Waals surface area (Å²) in [6, 6.07) is 5.69. The number of hydrogen-bond acceptors (Lipinski definition) is 5. The molecule has 0 aromatic heterocycles. The van der Waals surface area contributed by atoms with Crippen LogP contribution in [-0.4, -0.2) is 23.4 Å². The average molecular weight is 274 g/mol. The van der Waals surface area contributed by atoms with Crippen LogP contribution in [0.1, 0.15) is 24.8 Å². The third kappa shape index (κ3) is 2.54. The second kappa shape index (κ2) is 5.57. The van der Waals surface area contributed by atoms with E-state index in [1.807, 2.05) is 11.0 Å². The average Bonchev–Trinajstić information content (AvgIpc) is 2.46. The van der Waals surface area contributed by atoms with E-state index in [1.54, 1.807) is 6.07 Å². The van der Waals surface area contributed by atoms with Crippen LogP contribution >= 0.6 is 0 Å². The lowest BCUT2D eigenvalue weighted by Gasteiger charge is -2.35. The number of carbonyl (C=O) groups is 1. The maximum atomic E-state index is 11.5. The molecule has 0 saturated carbocycles. The van der Waals surface area contributed by atoms with Gasteiger partial charge in [-0.15, -0.1) is 0 Å². The molecule has 1 heterocycles. The Labute approximate surface area is 115 Å². The molecule has 1 unspecified atom stereocenters. The van der Waals surface area contributed by atoms with E-state index in [0.717, 1.165) is 12.8 Å². The van der Waals surface area contributed by atoms with Gasteiger partial charge in [0.05, 0.1) is 4.92 Å². The van der Waals surface area contributed by atoms with Crippen molar-refractivity contribution in [2.75, 3.05) is 11.4 Å². The summed E-state index contributed by atoms with van der Waals surface area (Å²) in [5, 5.41) is 19.8. The Morgan fingerprint density at radius 1 is 1.50 bits per heavy atom. The summed E-state index contributed by atoms with van der Waals surface area (Å²) >= 11 is 0. The monoisotopic (exact) mass is 274 g/mol. The van der Waals surface area contributed by atoms with Gasteiger partial charge in [0.25, 0.3) is 5.69 Å². The molecule has 0 spiro atoms. The van der Waals surface area contributed by atoms with Gasteiger partial charge in [-0.1, -0.05) is 0 Å². The Morgan fingerprint density at radius 3 is 2.85 bits per heavy atom. The highest BCUT2D eigenvalue weighted by Gasteiger charge is 2.28. The number of rotatable bonds is 3. The third-order valence-electron chi connectivity index (χ3n) is 3.46. The highest BCUT2D eigenvalue weighted by molar-refractivity contribution is 5.84. The minimum Gasteiger partial charge on any atom is -0.368 e. The van der Waals surface area contributed by atoms with Gasteiger partial charge in [-0.2, -0.15) is 5.26 Å². The Balaban J connectivity index is 2.39. The zero-order chi connectivity index (χ0) is 14.7. The number of primary amides is 1. The van der Waals surface area contributed by atoms with Gasteiger partial charge in [0.2, 0.25) is 5.91 Å². The number of hydrogen-bond donors (Lipinski definition) is 1. The number of benzene rings is 1. The van der Waals surface area contributed by atoms with Crippen LogP contribution in [0.3, 0.4) is 0 Å². The second-order valence-corrected chi connectivity index (χ2v) is 4.68. The second-order valence-electron chi connectivity index (χ2n) is 4.68. The van der Waals surface area contributed by atoms with E-state index >= 15 is 0 Å². The molecule has 104 valence electrons. The molecular formula is C13H14N4O3. The van der Waals surface area contributed by atoms with Crippen LogP contribution in [-0.2, 0) is 4.79 Å². The van der Waals surface area contributed by atoms with Gasteiger partial charge in [-0.3, -0.25) is 14.9 Å². The quantitative estimate of drug-likeness (QED) is 0.659. The molecule has 1 aromatic rings. The van der Waals surface area contributed by atoms with Crippen LogP contribution in [0.15, 0.2) is 18.2 Å². The molecule has 1 fully saturated rings. The minimum absolute atomic E-state index is 0.0127. The first kappa shape index (κ1) is 13.8. The van der Waals surface area contributed by atoms with Crippen molar-refractivity contribution in [3.63, 3.8) is 0 Å². The van der Waals surface area contributed by atoms with Crippen molar-refractivity contribution in [1.82, 2.24) is 0 Å². The van der Waals surface area contributed by atoms with Crippen molar-refractivity contribution in [2.24, 2.45) is 5.73 Å². The maximum absolute atomic E-state index is 11.5. The first-order valence-corrected chi connectivity index (χ1v) is 6.29. The molecular weight excluding hydrogens is 260 g/mol. The van der Waals surface area contributed by atoms with Crippen LogP contribution in [0, 0.1) is 21.4 Å². The van der Waals surface area contributed by atoms with Crippen molar-refractivity contribution in [3.05, 3.63) is 33.9 Å². The molecule has 1 atom stereocenters. The van der Waals surface area contributed by atoms with Gasteiger partial charge in [0.15, 0.2) is 0 Å². The molecule has 2 rings (SSSR count). The largest absolute Gasteiger partial charge is 0.368 e. The van der Waals surface area contributed by atoms with Crippen molar-refractivity contribution in [2.45, 2.75) is 25.3 Å². The number of nitro benzene ring substituents is 1. The maximum Gasteiger partial charge on any atom is 0.287 e. The predicted octanol–water partition coefficient (Wildman–Crippen LogP) is 1.31. The van der Waals surface area contributed by atoms with Crippen LogP contribution in [0.5, 0.6) is 0 Å². The molecule has 1 aliphatic heterocycles. The zero-order valence-electron chi connectivity index (χ0n) is 10.8. The summed E-state index contributed by atoms with van der Waals surface area (Å²) in [6.07, 6.45) is 2.50. The van der Waals surface area contributed by atoms with Gasteiger partial charge in [0, 0.05) is 18.3 Å². The Bertz CT molecular complexity index is 594. The van der Waals surface area contributed by atoms with Crippen molar-refractivity contribution >= 4 is 17.3 Å². The number of nitrogens with zero attached hydrogens (tertiary/aromatic N) is 3. The Hall–Kier alpha value is -2.62. The molecule has 7 heteroatoms.